The molecule has 4 heteroatoms. The van der Waals surface area contributed by atoms with Crippen molar-refractivity contribution in [3.8, 4) is 5.75 Å². The number of halogens is 1. The highest BCUT2D eigenvalue weighted by Gasteiger charge is 2.02. The molecule has 0 aliphatic heterocycles. The van der Waals surface area contributed by atoms with Crippen LogP contribution in [0.4, 0.5) is 4.39 Å². The van der Waals surface area contributed by atoms with E-state index < -0.39 is 0 Å². The topological polar surface area (TPSA) is 35.5 Å². The molecule has 0 heterocycles. The smallest absolute Gasteiger partial charge is 0.185 e. The van der Waals surface area contributed by atoms with Gasteiger partial charge in [0.05, 0.1) is 13.2 Å². The van der Waals surface area contributed by atoms with Crippen molar-refractivity contribution in [1.82, 2.24) is 0 Å². The summed E-state index contributed by atoms with van der Waals surface area (Å²) in [7, 11) is 0. The molecule has 0 saturated carbocycles. The fraction of sp³-hybridized carbons (Fsp3) is 0.324. The van der Waals surface area contributed by atoms with E-state index in [9.17, 15) is 9.18 Å². The van der Waals surface area contributed by atoms with Crippen molar-refractivity contribution in [2.75, 3.05) is 13.2 Å². The lowest BCUT2D eigenvalue weighted by atomic mass is 10.1. The van der Waals surface area contributed by atoms with Gasteiger partial charge in [-0.25, -0.2) is 4.39 Å². The van der Waals surface area contributed by atoms with Crippen LogP contribution in [0.15, 0.2) is 85.5 Å². The first-order chi connectivity index (χ1) is 18.6. The maximum Gasteiger partial charge on any atom is 0.185 e. The van der Waals surface area contributed by atoms with Gasteiger partial charge in [0.15, 0.2) is 5.78 Å². The van der Waals surface area contributed by atoms with E-state index in [-0.39, 0.29) is 11.6 Å². The van der Waals surface area contributed by atoms with Gasteiger partial charge >= 0.3 is 0 Å². The van der Waals surface area contributed by atoms with Crippen LogP contribution in [0.3, 0.4) is 0 Å². The number of hydrogen-bond donors (Lipinski definition) is 0. The molecule has 0 aliphatic rings. The monoisotopic (exact) mass is 514 g/mol. The Hall–Kier alpha value is -3.50. The highest BCUT2D eigenvalue weighted by atomic mass is 19.1. The molecule has 3 rings (SSSR count). The first-order valence-corrected chi connectivity index (χ1v) is 13.6. The molecule has 0 aromatic heterocycles. The molecule has 0 N–H and O–H groups in total. The van der Waals surface area contributed by atoms with E-state index in [1.54, 1.807) is 6.08 Å². The molecule has 3 nitrogen and oxygen atoms in total. The van der Waals surface area contributed by atoms with Crippen molar-refractivity contribution in [2.45, 2.75) is 58.0 Å². The third kappa shape index (κ3) is 11.3. The van der Waals surface area contributed by atoms with Gasteiger partial charge in [-0.15, -0.1) is 0 Å². The molecule has 0 fully saturated rings. The summed E-state index contributed by atoms with van der Waals surface area (Å²) in [5.41, 5.74) is 3.73. The third-order valence-electron chi connectivity index (χ3n) is 6.37. The molecule has 0 aliphatic carbocycles. The molecule has 0 amide bonds. The lowest BCUT2D eigenvalue weighted by Crippen LogP contribution is -1.97. The van der Waals surface area contributed by atoms with Crippen molar-refractivity contribution in [3.63, 3.8) is 0 Å². The van der Waals surface area contributed by atoms with Gasteiger partial charge < -0.3 is 9.47 Å². The van der Waals surface area contributed by atoms with Crippen molar-refractivity contribution < 1.29 is 18.7 Å². The van der Waals surface area contributed by atoms with Gasteiger partial charge in [-0.2, -0.15) is 0 Å². The summed E-state index contributed by atoms with van der Waals surface area (Å²) < 4.78 is 24.6. The number of allylic oxidation sites excluding steroid dienone is 1. The van der Waals surface area contributed by atoms with Crippen LogP contribution in [0.25, 0.3) is 12.2 Å². The average molecular weight is 515 g/mol. The Labute approximate surface area is 227 Å². The Morgan fingerprint density at radius 3 is 1.92 bits per heavy atom. The average Bonchev–Trinajstić information content (AvgIpc) is 2.95. The van der Waals surface area contributed by atoms with Crippen LogP contribution in [0.2, 0.25) is 0 Å². The fourth-order valence-electron chi connectivity index (χ4n) is 4.05. The van der Waals surface area contributed by atoms with Gasteiger partial charge in [0.25, 0.3) is 0 Å². The van der Waals surface area contributed by atoms with Crippen LogP contribution >= 0.6 is 0 Å². The molecule has 0 atom stereocenters. The minimum Gasteiger partial charge on any atom is -0.494 e. The molecule has 0 spiro atoms. The van der Waals surface area contributed by atoms with Crippen LogP contribution in [0.5, 0.6) is 5.75 Å². The van der Waals surface area contributed by atoms with E-state index in [1.807, 2.05) is 30.3 Å². The second kappa shape index (κ2) is 17.1. The van der Waals surface area contributed by atoms with E-state index in [1.165, 1.54) is 74.4 Å². The zero-order valence-electron chi connectivity index (χ0n) is 22.2. The second-order valence-corrected chi connectivity index (χ2v) is 9.45. The summed E-state index contributed by atoms with van der Waals surface area (Å²) >= 11 is 0. The number of carbonyl (C=O) groups excluding carboxylic acids is 1. The van der Waals surface area contributed by atoms with Crippen molar-refractivity contribution in [3.05, 3.63) is 114 Å². The van der Waals surface area contributed by atoms with Gasteiger partial charge in [-0.1, -0.05) is 93.7 Å². The molecular weight excluding hydrogens is 475 g/mol. The van der Waals surface area contributed by atoms with Gasteiger partial charge in [0, 0.05) is 12.2 Å². The van der Waals surface area contributed by atoms with Crippen LogP contribution in [0, 0.1) is 5.82 Å². The van der Waals surface area contributed by atoms with E-state index in [4.69, 9.17) is 9.47 Å². The Morgan fingerprint density at radius 1 is 0.711 bits per heavy atom. The van der Waals surface area contributed by atoms with E-state index >= 15 is 0 Å². The number of unbranched alkanes of at least 4 members (excludes halogenated alkanes) is 7. The first-order valence-electron chi connectivity index (χ1n) is 13.6. The molecule has 38 heavy (non-hydrogen) atoms. The minimum absolute atomic E-state index is 0.152. The van der Waals surface area contributed by atoms with Crippen molar-refractivity contribution >= 4 is 17.9 Å². The minimum atomic E-state index is -0.350. The molecule has 3 aromatic carbocycles. The summed E-state index contributed by atoms with van der Waals surface area (Å²) in [6.07, 6.45) is 14.8. The maximum atomic E-state index is 13.0. The summed E-state index contributed by atoms with van der Waals surface area (Å²) in [6.45, 7) is 5.99. The highest BCUT2D eigenvalue weighted by Crippen LogP contribution is 2.15. The summed E-state index contributed by atoms with van der Waals surface area (Å²) in [5.74, 6) is 0.334. The lowest BCUT2D eigenvalue weighted by Gasteiger charge is -2.07. The summed E-state index contributed by atoms with van der Waals surface area (Å²) in [6, 6.07) is 21.6. The predicted octanol–water partition coefficient (Wildman–Crippen LogP) is 9.08. The quantitative estimate of drug-likeness (QED) is 0.0965. The van der Waals surface area contributed by atoms with Crippen molar-refractivity contribution in [1.29, 1.82) is 0 Å². The van der Waals surface area contributed by atoms with Crippen LogP contribution in [-0.2, 0) is 11.3 Å². The van der Waals surface area contributed by atoms with Crippen LogP contribution in [0.1, 0.15) is 78.4 Å². The SMILES string of the molecule is C=Cc1ccc(COCCCCCCCCCCOc2ccc(C=CC(=O)c3ccc(F)cc3)cc2)cc1. The molecule has 200 valence electrons. The first kappa shape index (κ1) is 29.1. The van der Waals surface area contributed by atoms with Crippen LogP contribution < -0.4 is 4.74 Å². The largest absolute Gasteiger partial charge is 0.494 e. The Bertz CT molecular complexity index is 1120. The maximum absolute atomic E-state index is 13.0. The Kier molecular flexibility index (Phi) is 13.1. The number of benzene rings is 3. The molecule has 0 unspecified atom stereocenters. The number of ether oxygens (including phenoxy) is 2. The van der Waals surface area contributed by atoms with Crippen LogP contribution in [-0.4, -0.2) is 19.0 Å². The van der Waals surface area contributed by atoms with E-state index in [0.717, 1.165) is 36.3 Å². The third-order valence-corrected chi connectivity index (χ3v) is 6.37. The lowest BCUT2D eigenvalue weighted by molar-refractivity contribution is 0.104. The zero-order chi connectivity index (χ0) is 26.8. The molecule has 0 bridgehead atoms. The summed E-state index contributed by atoms with van der Waals surface area (Å²) in [4.78, 5) is 12.2. The highest BCUT2D eigenvalue weighted by molar-refractivity contribution is 6.06. The van der Waals surface area contributed by atoms with E-state index in [2.05, 4.69) is 30.8 Å². The Balaban J connectivity index is 1.15. The standard InChI is InChI=1S/C34H39FO3/c1-2-28-11-13-30(14-12-28)27-37-25-9-7-5-3-4-6-8-10-26-38-33-22-15-29(16-23-33)17-24-34(36)31-18-20-32(35)21-19-31/h2,11-24H,1,3-10,25-27H2. The number of ketones is 1. The van der Waals surface area contributed by atoms with Gasteiger partial charge in [-0.3, -0.25) is 4.79 Å². The predicted molar refractivity (Wildman–Crippen MR) is 155 cm³/mol. The van der Waals surface area contributed by atoms with E-state index in [0.29, 0.717) is 18.8 Å². The molecular formula is C34H39FO3. The van der Waals surface area contributed by atoms with Gasteiger partial charge in [0.1, 0.15) is 11.6 Å². The normalized spacial score (nSPS) is 11.1. The number of carbonyl (C=O) groups is 1. The Morgan fingerprint density at radius 2 is 1.29 bits per heavy atom. The second-order valence-electron chi connectivity index (χ2n) is 9.45. The molecule has 0 saturated heterocycles. The fourth-order valence-corrected chi connectivity index (χ4v) is 4.05. The van der Waals surface area contributed by atoms with Gasteiger partial charge in [-0.05, 0) is 72.0 Å². The van der Waals surface area contributed by atoms with Gasteiger partial charge in [0.2, 0.25) is 0 Å². The molecule has 3 aromatic rings. The zero-order valence-corrected chi connectivity index (χ0v) is 22.2. The number of hydrogen-bond acceptors (Lipinski definition) is 3. The molecule has 0 radical (unpaired) electrons. The summed E-state index contributed by atoms with van der Waals surface area (Å²) in [5, 5.41) is 0. The number of rotatable bonds is 18. The van der Waals surface area contributed by atoms with Crippen molar-refractivity contribution in [2.24, 2.45) is 0 Å².